The monoisotopic (exact) mass is 238 g/mol. The highest BCUT2D eigenvalue weighted by molar-refractivity contribution is 5.91. The standard InChI is InChI=1S/C14H10N2O2/c1-16-12-5-9-4-11(8-15)13(17-2)6-10(9)7-14(12)18-3/h4-7H,2-3H3. The van der Waals surface area contributed by atoms with Crippen LogP contribution in [-0.4, -0.2) is 14.2 Å². The van der Waals surface area contributed by atoms with E-state index in [2.05, 4.69) is 10.9 Å². The Morgan fingerprint density at radius 2 is 1.67 bits per heavy atom. The van der Waals surface area contributed by atoms with Crippen LogP contribution in [0.2, 0.25) is 0 Å². The zero-order valence-corrected chi connectivity index (χ0v) is 10.0. The van der Waals surface area contributed by atoms with Gasteiger partial charge in [-0.05, 0) is 35.0 Å². The fourth-order valence-corrected chi connectivity index (χ4v) is 1.80. The summed E-state index contributed by atoms with van der Waals surface area (Å²) in [5.41, 5.74) is 0.880. The Balaban J connectivity index is 2.79. The number of fused-ring (bicyclic) bond motifs is 1. The van der Waals surface area contributed by atoms with E-state index in [-0.39, 0.29) is 0 Å². The number of hydrogen-bond donors (Lipinski definition) is 0. The molecule has 0 heterocycles. The summed E-state index contributed by atoms with van der Waals surface area (Å²) in [6.07, 6.45) is 0. The second-order valence-electron chi connectivity index (χ2n) is 3.65. The molecule has 0 aromatic heterocycles. The Kier molecular flexibility index (Phi) is 3.03. The fraction of sp³-hybridized carbons (Fsp3) is 0.143. The van der Waals surface area contributed by atoms with Gasteiger partial charge in [0, 0.05) is 0 Å². The molecule has 0 fully saturated rings. The summed E-state index contributed by atoms with van der Waals surface area (Å²) in [5, 5.41) is 10.7. The van der Waals surface area contributed by atoms with Crippen LogP contribution in [0.25, 0.3) is 15.6 Å². The van der Waals surface area contributed by atoms with Crippen molar-refractivity contribution < 1.29 is 9.47 Å². The molecular weight excluding hydrogens is 228 g/mol. The molecule has 0 spiro atoms. The van der Waals surface area contributed by atoms with Gasteiger partial charge in [0.25, 0.3) is 0 Å². The summed E-state index contributed by atoms with van der Waals surface area (Å²) >= 11 is 0. The van der Waals surface area contributed by atoms with Crippen LogP contribution in [0.3, 0.4) is 0 Å². The highest BCUT2D eigenvalue weighted by Gasteiger charge is 2.09. The summed E-state index contributed by atoms with van der Waals surface area (Å²) < 4.78 is 10.3. The lowest BCUT2D eigenvalue weighted by Crippen LogP contribution is -1.89. The lowest BCUT2D eigenvalue weighted by atomic mass is 10.1. The van der Waals surface area contributed by atoms with E-state index in [1.165, 1.54) is 14.2 Å². The van der Waals surface area contributed by atoms with Crippen LogP contribution in [0.1, 0.15) is 5.56 Å². The first kappa shape index (κ1) is 11.8. The molecule has 0 saturated heterocycles. The van der Waals surface area contributed by atoms with Gasteiger partial charge >= 0.3 is 0 Å². The van der Waals surface area contributed by atoms with Crippen molar-refractivity contribution in [2.24, 2.45) is 0 Å². The largest absolute Gasteiger partial charge is 0.508 e. The van der Waals surface area contributed by atoms with Gasteiger partial charge in [0.2, 0.25) is 5.69 Å². The Labute approximate surface area is 105 Å². The number of nitriles is 1. The fourth-order valence-electron chi connectivity index (χ4n) is 1.80. The number of rotatable bonds is 2. The zero-order chi connectivity index (χ0) is 13.1. The van der Waals surface area contributed by atoms with Gasteiger partial charge in [0.1, 0.15) is 17.6 Å². The maximum absolute atomic E-state index is 9.02. The molecule has 4 heteroatoms. The third-order valence-corrected chi connectivity index (χ3v) is 2.70. The molecule has 0 saturated carbocycles. The van der Waals surface area contributed by atoms with Gasteiger partial charge in [-0.1, -0.05) is 0 Å². The van der Waals surface area contributed by atoms with E-state index in [9.17, 15) is 0 Å². The minimum atomic E-state index is 0.430. The number of ether oxygens (including phenoxy) is 2. The van der Waals surface area contributed by atoms with Crippen molar-refractivity contribution in [3.05, 3.63) is 41.2 Å². The maximum Gasteiger partial charge on any atom is 0.228 e. The number of nitrogens with zero attached hydrogens (tertiary/aromatic N) is 2. The summed E-state index contributed by atoms with van der Waals surface area (Å²) in [5.74, 6) is 1.03. The first-order valence-electron chi connectivity index (χ1n) is 5.20. The minimum absolute atomic E-state index is 0.430. The number of methoxy groups -OCH3 is 2. The number of benzene rings is 2. The Morgan fingerprint density at radius 3 is 2.22 bits per heavy atom. The van der Waals surface area contributed by atoms with Gasteiger partial charge in [-0.25, -0.2) is 4.85 Å². The van der Waals surface area contributed by atoms with Gasteiger partial charge in [-0.15, -0.1) is 0 Å². The van der Waals surface area contributed by atoms with E-state index in [0.29, 0.717) is 22.7 Å². The van der Waals surface area contributed by atoms with Crippen LogP contribution in [0.4, 0.5) is 5.69 Å². The second-order valence-corrected chi connectivity index (χ2v) is 3.65. The average molecular weight is 238 g/mol. The molecular formula is C14H10N2O2. The molecule has 0 radical (unpaired) electrons. The van der Waals surface area contributed by atoms with Gasteiger partial charge in [-0.2, -0.15) is 5.26 Å². The highest BCUT2D eigenvalue weighted by atomic mass is 16.5. The van der Waals surface area contributed by atoms with E-state index in [4.69, 9.17) is 21.3 Å². The van der Waals surface area contributed by atoms with E-state index >= 15 is 0 Å². The molecule has 0 N–H and O–H groups in total. The minimum Gasteiger partial charge on any atom is -0.508 e. The SMILES string of the molecule is [C-]#[N+]c1cc2cc(C#N)c(OC)cc2cc1OC. The van der Waals surface area contributed by atoms with Crippen molar-refractivity contribution in [2.75, 3.05) is 14.2 Å². The van der Waals surface area contributed by atoms with Crippen LogP contribution < -0.4 is 9.47 Å². The Morgan fingerprint density at radius 1 is 1.06 bits per heavy atom. The smallest absolute Gasteiger partial charge is 0.228 e. The van der Waals surface area contributed by atoms with Crippen molar-refractivity contribution in [3.63, 3.8) is 0 Å². The molecule has 2 aromatic carbocycles. The quantitative estimate of drug-likeness (QED) is 0.754. The molecule has 0 aliphatic rings. The molecule has 4 nitrogen and oxygen atoms in total. The Hall–Kier alpha value is -2.72. The molecule has 0 amide bonds. The normalized spacial score (nSPS) is 9.56. The van der Waals surface area contributed by atoms with Crippen molar-refractivity contribution >= 4 is 16.5 Å². The molecule has 18 heavy (non-hydrogen) atoms. The lowest BCUT2D eigenvalue weighted by Gasteiger charge is -2.08. The molecule has 88 valence electrons. The molecule has 2 rings (SSSR count). The molecule has 0 aliphatic heterocycles. The molecule has 0 atom stereocenters. The predicted octanol–water partition coefficient (Wildman–Crippen LogP) is 3.28. The molecule has 0 unspecified atom stereocenters. The summed E-state index contributed by atoms with van der Waals surface area (Å²) in [6, 6.07) is 9.03. The first-order chi connectivity index (χ1) is 8.73. The van der Waals surface area contributed by atoms with Gasteiger partial charge in [0.05, 0.1) is 26.4 Å². The van der Waals surface area contributed by atoms with Crippen LogP contribution in [0.15, 0.2) is 24.3 Å². The van der Waals surface area contributed by atoms with Crippen molar-refractivity contribution in [1.29, 1.82) is 5.26 Å². The first-order valence-corrected chi connectivity index (χ1v) is 5.20. The average Bonchev–Trinajstić information content (AvgIpc) is 2.43. The summed E-state index contributed by atoms with van der Waals surface area (Å²) in [4.78, 5) is 3.40. The second kappa shape index (κ2) is 4.65. The maximum atomic E-state index is 9.02. The topological polar surface area (TPSA) is 46.6 Å². The molecule has 0 bridgehead atoms. The van der Waals surface area contributed by atoms with Gasteiger partial charge < -0.3 is 9.47 Å². The lowest BCUT2D eigenvalue weighted by molar-refractivity contribution is 0.413. The van der Waals surface area contributed by atoms with E-state index in [1.54, 1.807) is 24.3 Å². The van der Waals surface area contributed by atoms with Gasteiger partial charge in [0.15, 0.2) is 0 Å². The highest BCUT2D eigenvalue weighted by Crippen LogP contribution is 2.35. The molecule has 2 aromatic rings. The van der Waals surface area contributed by atoms with Crippen molar-refractivity contribution in [1.82, 2.24) is 0 Å². The number of hydrogen-bond acceptors (Lipinski definition) is 3. The predicted molar refractivity (Wildman–Crippen MR) is 68.0 cm³/mol. The van der Waals surface area contributed by atoms with Crippen LogP contribution in [-0.2, 0) is 0 Å². The van der Waals surface area contributed by atoms with Crippen molar-refractivity contribution in [3.8, 4) is 17.6 Å². The third-order valence-electron chi connectivity index (χ3n) is 2.70. The van der Waals surface area contributed by atoms with Crippen LogP contribution in [0.5, 0.6) is 11.5 Å². The Bertz CT molecular complexity index is 637. The summed E-state index contributed by atoms with van der Waals surface area (Å²) in [6.45, 7) is 7.10. The van der Waals surface area contributed by atoms with Crippen molar-refractivity contribution in [2.45, 2.75) is 0 Å². The third kappa shape index (κ3) is 1.81. The van der Waals surface area contributed by atoms with E-state index in [0.717, 1.165) is 10.8 Å². The zero-order valence-electron chi connectivity index (χ0n) is 10.0. The van der Waals surface area contributed by atoms with E-state index < -0.39 is 0 Å². The van der Waals surface area contributed by atoms with E-state index in [1.807, 2.05) is 0 Å². The van der Waals surface area contributed by atoms with Gasteiger partial charge in [-0.3, -0.25) is 0 Å². The van der Waals surface area contributed by atoms with Crippen LogP contribution in [0, 0.1) is 17.9 Å². The van der Waals surface area contributed by atoms with Crippen LogP contribution >= 0.6 is 0 Å². The summed E-state index contributed by atoms with van der Waals surface area (Å²) in [7, 11) is 3.05. The molecule has 0 aliphatic carbocycles.